The van der Waals surface area contributed by atoms with Gasteiger partial charge in [0.25, 0.3) is 5.69 Å². The number of benzene rings is 3. The van der Waals surface area contributed by atoms with Crippen molar-refractivity contribution in [3.63, 3.8) is 0 Å². The Hall–Kier alpha value is -2.18. The summed E-state index contributed by atoms with van der Waals surface area (Å²) in [7, 11) is -2.15. The molecule has 0 aliphatic heterocycles. The predicted octanol–water partition coefficient (Wildman–Crippen LogP) is 5.54. The molecule has 1 atom stereocenters. The molecule has 0 N–H and O–H groups in total. The van der Waals surface area contributed by atoms with Crippen LogP contribution in [0.15, 0.2) is 72.8 Å². The Kier molecular flexibility index (Phi) is 6.98. The molecule has 4 nitrogen and oxygen atoms in total. The second kappa shape index (κ2) is 9.31. The fraction of sp³-hybridized carbons (Fsp3) is 0.217. The van der Waals surface area contributed by atoms with Gasteiger partial charge in [-0.3, -0.25) is 10.1 Å². The van der Waals surface area contributed by atoms with Crippen LogP contribution in [0.4, 0.5) is 5.69 Å². The largest absolute Gasteiger partial charge is 0.403 e. The van der Waals surface area contributed by atoms with Crippen LogP contribution in [0.3, 0.4) is 0 Å². The maximum absolute atomic E-state index is 11.5. The molecule has 3 aromatic carbocycles. The highest BCUT2D eigenvalue weighted by Crippen LogP contribution is 2.45. The Bertz CT molecular complexity index is 984. The van der Waals surface area contributed by atoms with Gasteiger partial charge >= 0.3 is 0 Å². The van der Waals surface area contributed by atoms with Crippen LogP contribution >= 0.6 is 23.2 Å². The van der Waals surface area contributed by atoms with Crippen molar-refractivity contribution in [1.29, 1.82) is 0 Å². The monoisotopic (exact) mass is 459 g/mol. The molecule has 0 aromatic heterocycles. The van der Waals surface area contributed by atoms with E-state index in [4.69, 9.17) is 27.6 Å². The van der Waals surface area contributed by atoms with Crippen LogP contribution in [0, 0.1) is 15.5 Å². The lowest BCUT2D eigenvalue weighted by Gasteiger charge is -2.35. The van der Waals surface area contributed by atoms with E-state index in [2.05, 4.69) is 24.3 Å². The van der Waals surface area contributed by atoms with Gasteiger partial charge in [-0.1, -0.05) is 105 Å². The first-order chi connectivity index (χ1) is 14.2. The normalized spacial score (nSPS) is 12.7. The van der Waals surface area contributed by atoms with Crippen LogP contribution < -0.4 is 10.4 Å². The van der Waals surface area contributed by atoms with Crippen LogP contribution in [0.5, 0.6) is 0 Å². The first-order valence-corrected chi connectivity index (χ1v) is 12.0. The van der Waals surface area contributed by atoms with E-state index >= 15 is 0 Å². The number of nitro groups is 1. The Labute approximate surface area is 188 Å². The molecule has 0 saturated heterocycles. The lowest BCUT2D eigenvalue weighted by Crippen LogP contribution is -2.47. The quantitative estimate of drug-likeness (QED) is 0.276. The molecule has 0 bridgehead atoms. The lowest BCUT2D eigenvalue weighted by molar-refractivity contribution is -0.384. The summed E-state index contributed by atoms with van der Waals surface area (Å²) in [5.74, 6) is 0. The summed E-state index contributed by atoms with van der Waals surface area (Å²) < 4.78 is 6.82. The van der Waals surface area contributed by atoms with Crippen molar-refractivity contribution in [2.24, 2.45) is 5.41 Å². The smallest absolute Gasteiger partial charge is 0.288 e. The minimum atomic E-state index is -2.15. The van der Waals surface area contributed by atoms with Crippen molar-refractivity contribution in [2.75, 3.05) is 0 Å². The summed E-state index contributed by atoms with van der Waals surface area (Å²) in [5.41, 5.74) is -0.118. The molecule has 0 fully saturated rings. The van der Waals surface area contributed by atoms with E-state index in [1.807, 2.05) is 57.2 Å². The van der Waals surface area contributed by atoms with Crippen molar-refractivity contribution in [3.8, 4) is 0 Å². The minimum absolute atomic E-state index is 0.0290. The molecule has 0 radical (unpaired) electrons. The van der Waals surface area contributed by atoms with Crippen molar-refractivity contribution in [2.45, 2.75) is 26.9 Å². The SMILES string of the molecule is CC(C)(C)C(O[SiH](c1ccccc1)c1ccccc1)c1c(Cl)ccc([N+](=O)[O-])c1Cl. The zero-order valence-electron chi connectivity index (χ0n) is 17.0. The summed E-state index contributed by atoms with van der Waals surface area (Å²) in [6, 6.07) is 23.0. The average Bonchev–Trinajstić information content (AvgIpc) is 2.70. The average molecular weight is 460 g/mol. The van der Waals surface area contributed by atoms with E-state index in [0.29, 0.717) is 10.6 Å². The van der Waals surface area contributed by atoms with Gasteiger partial charge in [0.2, 0.25) is 9.04 Å². The van der Waals surface area contributed by atoms with Crippen molar-refractivity contribution in [3.05, 3.63) is 98.5 Å². The minimum Gasteiger partial charge on any atom is -0.403 e. The molecular weight excluding hydrogens is 437 g/mol. The summed E-state index contributed by atoms with van der Waals surface area (Å²) in [5, 5.41) is 14.1. The molecule has 3 rings (SSSR count). The van der Waals surface area contributed by atoms with E-state index in [9.17, 15) is 10.1 Å². The molecule has 0 saturated carbocycles. The highest BCUT2D eigenvalue weighted by atomic mass is 35.5. The molecule has 7 heteroatoms. The highest BCUT2D eigenvalue weighted by molar-refractivity contribution is 6.80. The van der Waals surface area contributed by atoms with E-state index in [1.54, 1.807) is 0 Å². The second-order valence-electron chi connectivity index (χ2n) is 8.13. The number of halogens is 2. The maximum Gasteiger partial charge on any atom is 0.288 e. The van der Waals surface area contributed by atoms with E-state index < -0.39 is 25.5 Å². The first kappa shape index (κ1) is 22.5. The van der Waals surface area contributed by atoms with E-state index in [-0.39, 0.29) is 10.7 Å². The lowest BCUT2D eigenvalue weighted by atomic mass is 9.84. The fourth-order valence-electron chi connectivity index (χ4n) is 3.39. The third-order valence-corrected chi connectivity index (χ3v) is 8.08. The molecule has 0 aliphatic carbocycles. The Morgan fingerprint density at radius 3 is 1.83 bits per heavy atom. The van der Waals surface area contributed by atoms with Crippen LogP contribution in [0.1, 0.15) is 32.4 Å². The van der Waals surface area contributed by atoms with Gasteiger partial charge in [0, 0.05) is 16.7 Å². The third-order valence-electron chi connectivity index (χ3n) is 4.83. The Balaban J connectivity index is 2.15. The van der Waals surface area contributed by atoms with Gasteiger partial charge < -0.3 is 4.43 Å². The van der Waals surface area contributed by atoms with Crippen molar-refractivity contribution in [1.82, 2.24) is 0 Å². The molecule has 3 aromatic rings. The number of hydrogen-bond donors (Lipinski definition) is 0. The molecule has 156 valence electrons. The van der Waals surface area contributed by atoms with Crippen LogP contribution in [-0.2, 0) is 4.43 Å². The van der Waals surface area contributed by atoms with Gasteiger partial charge in [-0.05, 0) is 21.9 Å². The maximum atomic E-state index is 11.5. The predicted molar refractivity (Wildman–Crippen MR) is 126 cm³/mol. The topological polar surface area (TPSA) is 52.4 Å². The summed E-state index contributed by atoms with van der Waals surface area (Å²) in [6.45, 7) is 6.06. The molecule has 0 amide bonds. The second-order valence-corrected chi connectivity index (χ2v) is 11.3. The van der Waals surface area contributed by atoms with Crippen LogP contribution in [0.2, 0.25) is 10.0 Å². The van der Waals surface area contributed by atoms with Crippen molar-refractivity contribution < 1.29 is 9.35 Å². The van der Waals surface area contributed by atoms with Gasteiger partial charge in [0.1, 0.15) is 5.02 Å². The summed E-state index contributed by atoms with van der Waals surface area (Å²) in [4.78, 5) is 11.0. The number of hydrogen-bond acceptors (Lipinski definition) is 3. The van der Waals surface area contributed by atoms with Crippen molar-refractivity contribution >= 4 is 48.3 Å². The number of rotatable bonds is 6. The van der Waals surface area contributed by atoms with Gasteiger partial charge in [-0.15, -0.1) is 0 Å². The van der Waals surface area contributed by atoms with Gasteiger partial charge in [0.05, 0.1) is 11.0 Å². The van der Waals surface area contributed by atoms with Crippen LogP contribution in [0.25, 0.3) is 0 Å². The standard InChI is InChI=1S/C23H23Cl2NO3Si/c1-23(2,3)22(20-18(24)14-15-19(21(20)25)26(27)28)29-30(16-10-6-4-7-11-16)17-12-8-5-9-13-17/h4-15,22,30H,1-3H3. The van der Waals surface area contributed by atoms with Gasteiger partial charge in [-0.2, -0.15) is 0 Å². The van der Waals surface area contributed by atoms with E-state index in [1.165, 1.54) is 12.1 Å². The molecule has 1 unspecified atom stereocenters. The highest BCUT2D eigenvalue weighted by Gasteiger charge is 2.36. The molecule has 0 heterocycles. The zero-order valence-corrected chi connectivity index (χ0v) is 19.7. The molecule has 0 aliphatic rings. The van der Waals surface area contributed by atoms with Gasteiger partial charge in [-0.25, -0.2) is 0 Å². The molecule has 30 heavy (non-hydrogen) atoms. The summed E-state index contributed by atoms with van der Waals surface area (Å²) in [6.07, 6.45) is -0.533. The summed E-state index contributed by atoms with van der Waals surface area (Å²) >= 11 is 13.0. The number of nitrogens with zero attached hydrogens (tertiary/aromatic N) is 1. The fourth-order valence-corrected chi connectivity index (χ4v) is 6.68. The molecule has 0 spiro atoms. The third kappa shape index (κ3) is 4.93. The Morgan fingerprint density at radius 1 is 0.900 bits per heavy atom. The van der Waals surface area contributed by atoms with Crippen LogP contribution in [-0.4, -0.2) is 14.0 Å². The number of nitro benzene ring substituents is 1. The zero-order chi connectivity index (χ0) is 21.9. The van der Waals surface area contributed by atoms with E-state index in [0.717, 1.165) is 10.4 Å². The first-order valence-electron chi connectivity index (χ1n) is 9.57. The Morgan fingerprint density at radius 2 is 1.40 bits per heavy atom. The molecular formula is C23H23Cl2NO3Si. The van der Waals surface area contributed by atoms with Gasteiger partial charge in [0.15, 0.2) is 0 Å².